The number of amides is 2. The zero-order chi connectivity index (χ0) is 19.9. The summed E-state index contributed by atoms with van der Waals surface area (Å²) in [6.45, 7) is 8.85. The SMILES string of the molecule is CCN(CCCCN1CCCNC1=O)[C@@H](C)Cc1ccc(S(C)(=O)=O)cc1. The molecule has 1 atom stereocenters. The molecule has 0 aliphatic carbocycles. The molecule has 0 aromatic heterocycles. The number of nitrogens with one attached hydrogen (secondary N) is 1. The summed E-state index contributed by atoms with van der Waals surface area (Å²) in [4.78, 5) is 16.5. The van der Waals surface area contributed by atoms with Crippen molar-refractivity contribution in [2.45, 2.75) is 50.5 Å². The number of benzene rings is 1. The lowest BCUT2D eigenvalue weighted by Gasteiger charge is -2.30. The van der Waals surface area contributed by atoms with Gasteiger partial charge >= 0.3 is 6.03 Å². The molecule has 1 aliphatic heterocycles. The van der Waals surface area contributed by atoms with E-state index in [-0.39, 0.29) is 6.03 Å². The molecule has 152 valence electrons. The van der Waals surface area contributed by atoms with Crippen LogP contribution in [0.1, 0.15) is 38.7 Å². The minimum atomic E-state index is -3.14. The van der Waals surface area contributed by atoms with Crippen molar-refractivity contribution in [1.29, 1.82) is 0 Å². The van der Waals surface area contributed by atoms with Crippen molar-refractivity contribution >= 4 is 15.9 Å². The molecule has 0 spiro atoms. The third-order valence-electron chi connectivity index (χ3n) is 5.20. The van der Waals surface area contributed by atoms with Gasteiger partial charge in [-0.2, -0.15) is 0 Å². The normalized spacial score (nSPS) is 16.4. The Morgan fingerprint density at radius 3 is 2.52 bits per heavy atom. The van der Waals surface area contributed by atoms with Crippen molar-refractivity contribution in [1.82, 2.24) is 15.1 Å². The fraction of sp³-hybridized carbons (Fsp3) is 0.650. The van der Waals surface area contributed by atoms with Crippen LogP contribution in [-0.4, -0.2) is 69.3 Å². The summed E-state index contributed by atoms with van der Waals surface area (Å²) in [5.74, 6) is 0. The summed E-state index contributed by atoms with van der Waals surface area (Å²) in [6.07, 6.45) is 5.24. The molecule has 2 amide bonds. The van der Waals surface area contributed by atoms with Crippen molar-refractivity contribution in [2.24, 2.45) is 0 Å². The Morgan fingerprint density at radius 2 is 1.93 bits per heavy atom. The zero-order valence-corrected chi connectivity index (χ0v) is 17.6. The van der Waals surface area contributed by atoms with Gasteiger partial charge in [0.25, 0.3) is 0 Å². The lowest BCUT2D eigenvalue weighted by molar-refractivity contribution is 0.180. The van der Waals surface area contributed by atoms with Crippen LogP contribution >= 0.6 is 0 Å². The van der Waals surface area contributed by atoms with E-state index in [4.69, 9.17) is 0 Å². The van der Waals surface area contributed by atoms with E-state index in [2.05, 4.69) is 24.1 Å². The first-order valence-corrected chi connectivity index (χ1v) is 11.8. The molecule has 1 aromatic rings. The van der Waals surface area contributed by atoms with Crippen molar-refractivity contribution in [2.75, 3.05) is 39.0 Å². The maximum absolute atomic E-state index is 11.7. The first-order valence-electron chi connectivity index (χ1n) is 9.87. The number of sulfone groups is 1. The zero-order valence-electron chi connectivity index (χ0n) is 16.8. The Morgan fingerprint density at radius 1 is 1.22 bits per heavy atom. The summed E-state index contributed by atoms with van der Waals surface area (Å²) in [5.41, 5.74) is 1.15. The minimum Gasteiger partial charge on any atom is -0.338 e. The molecule has 1 aliphatic rings. The van der Waals surface area contributed by atoms with Crippen molar-refractivity contribution < 1.29 is 13.2 Å². The fourth-order valence-corrected chi connectivity index (χ4v) is 4.17. The van der Waals surface area contributed by atoms with E-state index in [0.717, 1.165) is 64.0 Å². The van der Waals surface area contributed by atoms with Crippen molar-refractivity contribution in [3.05, 3.63) is 29.8 Å². The van der Waals surface area contributed by atoms with E-state index in [1.807, 2.05) is 17.0 Å². The number of hydrogen-bond acceptors (Lipinski definition) is 4. The monoisotopic (exact) mass is 395 g/mol. The lowest BCUT2D eigenvalue weighted by atomic mass is 10.1. The van der Waals surface area contributed by atoms with Crippen LogP contribution < -0.4 is 5.32 Å². The van der Waals surface area contributed by atoms with Crippen LogP contribution in [-0.2, 0) is 16.3 Å². The molecule has 6 nitrogen and oxygen atoms in total. The van der Waals surface area contributed by atoms with Crippen LogP contribution in [0.25, 0.3) is 0 Å². The van der Waals surface area contributed by atoms with Gasteiger partial charge in [0.1, 0.15) is 0 Å². The molecule has 0 unspecified atom stereocenters. The maximum Gasteiger partial charge on any atom is 0.317 e. The average molecular weight is 396 g/mol. The molecule has 2 rings (SSSR count). The van der Waals surface area contributed by atoms with Gasteiger partial charge in [0, 0.05) is 31.9 Å². The van der Waals surface area contributed by atoms with Gasteiger partial charge in [-0.25, -0.2) is 13.2 Å². The van der Waals surface area contributed by atoms with E-state index in [9.17, 15) is 13.2 Å². The van der Waals surface area contributed by atoms with Crippen molar-refractivity contribution in [3.8, 4) is 0 Å². The average Bonchev–Trinajstić information content (AvgIpc) is 2.62. The number of unbranched alkanes of at least 4 members (excludes halogenated alkanes) is 1. The molecule has 1 heterocycles. The second-order valence-corrected chi connectivity index (χ2v) is 9.39. The van der Waals surface area contributed by atoms with Crippen LogP contribution in [0.4, 0.5) is 4.79 Å². The number of likely N-dealkylation sites (N-methyl/N-ethyl adjacent to an activating group) is 1. The topological polar surface area (TPSA) is 69.7 Å². The molecule has 0 bridgehead atoms. The van der Waals surface area contributed by atoms with E-state index >= 15 is 0 Å². The number of urea groups is 1. The van der Waals surface area contributed by atoms with Gasteiger partial charge in [-0.1, -0.05) is 19.1 Å². The maximum atomic E-state index is 11.7. The highest BCUT2D eigenvalue weighted by molar-refractivity contribution is 7.90. The molecule has 1 N–H and O–H groups in total. The van der Waals surface area contributed by atoms with Gasteiger partial charge in [-0.3, -0.25) is 0 Å². The Hall–Kier alpha value is -1.60. The van der Waals surface area contributed by atoms with Gasteiger partial charge in [-0.05, 0) is 63.4 Å². The van der Waals surface area contributed by atoms with Gasteiger partial charge < -0.3 is 15.1 Å². The Bertz CT molecular complexity index is 704. The van der Waals surface area contributed by atoms with E-state index in [0.29, 0.717) is 10.9 Å². The Labute approximate surface area is 163 Å². The number of carbonyl (C=O) groups excluding carboxylic acids is 1. The molecule has 1 saturated heterocycles. The number of nitrogens with zero attached hydrogens (tertiary/aromatic N) is 2. The largest absolute Gasteiger partial charge is 0.338 e. The third-order valence-corrected chi connectivity index (χ3v) is 6.33. The molecule has 0 saturated carbocycles. The van der Waals surface area contributed by atoms with Gasteiger partial charge in [0.2, 0.25) is 0 Å². The smallest absolute Gasteiger partial charge is 0.317 e. The second-order valence-electron chi connectivity index (χ2n) is 7.38. The van der Waals surface area contributed by atoms with Crippen LogP contribution in [0.15, 0.2) is 29.2 Å². The van der Waals surface area contributed by atoms with E-state index in [1.54, 1.807) is 12.1 Å². The minimum absolute atomic E-state index is 0.0690. The first-order chi connectivity index (χ1) is 12.8. The standard InChI is InChI=1S/C20H33N3O3S/c1-4-22(13-5-6-14-23-15-7-12-21-20(23)24)17(2)16-18-8-10-19(11-9-18)27(3,25)26/h8-11,17H,4-7,12-16H2,1-3H3,(H,21,24)/t17-/m0/s1. The molecule has 0 radical (unpaired) electrons. The quantitative estimate of drug-likeness (QED) is 0.618. The summed E-state index contributed by atoms with van der Waals surface area (Å²) in [6, 6.07) is 7.66. The summed E-state index contributed by atoms with van der Waals surface area (Å²) in [5, 5.41) is 2.89. The predicted molar refractivity (Wildman–Crippen MR) is 109 cm³/mol. The molecule has 1 aromatic carbocycles. The third kappa shape index (κ3) is 6.81. The van der Waals surface area contributed by atoms with E-state index < -0.39 is 9.84 Å². The van der Waals surface area contributed by atoms with E-state index in [1.165, 1.54) is 6.26 Å². The van der Waals surface area contributed by atoms with Crippen LogP contribution in [0, 0.1) is 0 Å². The highest BCUT2D eigenvalue weighted by atomic mass is 32.2. The highest BCUT2D eigenvalue weighted by Crippen LogP contribution is 2.14. The highest BCUT2D eigenvalue weighted by Gasteiger charge is 2.17. The van der Waals surface area contributed by atoms with Crippen LogP contribution in [0.2, 0.25) is 0 Å². The van der Waals surface area contributed by atoms with Crippen molar-refractivity contribution in [3.63, 3.8) is 0 Å². The van der Waals surface area contributed by atoms with Gasteiger partial charge in [0.05, 0.1) is 4.90 Å². The molecule has 27 heavy (non-hydrogen) atoms. The molecular formula is C20H33N3O3S. The fourth-order valence-electron chi connectivity index (χ4n) is 3.54. The summed E-state index contributed by atoms with van der Waals surface area (Å²) in [7, 11) is -3.14. The van der Waals surface area contributed by atoms with Crippen LogP contribution in [0.3, 0.4) is 0 Å². The van der Waals surface area contributed by atoms with Crippen LogP contribution in [0.5, 0.6) is 0 Å². The Balaban J connectivity index is 1.77. The predicted octanol–water partition coefficient (Wildman–Crippen LogP) is 2.54. The van der Waals surface area contributed by atoms with Gasteiger partial charge in [-0.15, -0.1) is 0 Å². The molecule has 7 heteroatoms. The van der Waals surface area contributed by atoms with Gasteiger partial charge in [0.15, 0.2) is 9.84 Å². The number of hydrogen-bond donors (Lipinski definition) is 1. The lowest BCUT2D eigenvalue weighted by Crippen LogP contribution is -2.46. The number of carbonyl (C=O) groups is 1. The molecular weight excluding hydrogens is 362 g/mol. The molecule has 1 fully saturated rings. The number of rotatable bonds is 10. The first kappa shape index (κ1) is 21.7. The summed E-state index contributed by atoms with van der Waals surface area (Å²) >= 11 is 0. The Kier molecular flexibility index (Phi) is 8.10. The summed E-state index contributed by atoms with van der Waals surface area (Å²) < 4.78 is 23.1. The second kappa shape index (κ2) is 10.1.